The summed E-state index contributed by atoms with van der Waals surface area (Å²) in [7, 11) is 1.33. The van der Waals surface area contributed by atoms with Gasteiger partial charge in [0, 0.05) is 24.5 Å². The third kappa shape index (κ3) is 5.01. The first-order chi connectivity index (χ1) is 13.0. The number of benzene rings is 1. The summed E-state index contributed by atoms with van der Waals surface area (Å²) in [5.41, 5.74) is 2.09. The molecule has 2 N–H and O–H groups in total. The van der Waals surface area contributed by atoms with Crippen molar-refractivity contribution in [2.75, 3.05) is 25.6 Å². The molecular formula is C19H22N4O4. The molecule has 0 radical (unpaired) electrons. The average molecular weight is 370 g/mol. The normalized spacial score (nSPS) is 16.0. The third-order valence-electron chi connectivity index (χ3n) is 4.16. The van der Waals surface area contributed by atoms with E-state index in [1.54, 1.807) is 37.3 Å². The number of nitrogens with zero attached hydrogens (tertiary/aromatic N) is 2. The molecule has 2 heterocycles. The van der Waals surface area contributed by atoms with E-state index in [4.69, 9.17) is 4.74 Å². The first-order valence-corrected chi connectivity index (χ1v) is 8.76. The molecule has 8 nitrogen and oxygen atoms in total. The maximum absolute atomic E-state index is 12.4. The van der Waals surface area contributed by atoms with Crippen LogP contribution in [0.3, 0.4) is 0 Å². The van der Waals surface area contributed by atoms with Crippen LogP contribution in [0.15, 0.2) is 30.3 Å². The number of carbonyl (C=O) groups excluding carboxylic acids is 2. The second-order valence-electron chi connectivity index (χ2n) is 6.26. The lowest BCUT2D eigenvalue weighted by Crippen LogP contribution is -2.32. The van der Waals surface area contributed by atoms with E-state index in [1.807, 2.05) is 0 Å². The van der Waals surface area contributed by atoms with Crippen LogP contribution in [-0.2, 0) is 9.47 Å². The predicted octanol–water partition coefficient (Wildman–Crippen LogP) is 2.22. The van der Waals surface area contributed by atoms with Gasteiger partial charge < -0.3 is 20.1 Å². The molecule has 1 aliphatic rings. The monoisotopic (exact) mass is 370 g/mol. The van der Waals surface area contributed by atoms with Gasteiger partial charge in [-0.25, -0.2) is 14.8 Å². The highest BCUT2D eigenvalue weighted by Gasteiger charge is 2.18. The highest BCUT2D eigenvalue weighted by Crippen LogP contribution is 2.16. The maximum atomic E-state index is 12.4. The number of amides is 1. The fourth-order valence-corrected chi connectivity index (χ4v) is 2.78. The molecule has 0 aliphatic carbocycles. The van der Waals surface area contributed by atoms with Crippen LogP contribution in [0.5, 0.6) is 0 Å². The quantitative estimate of drug-likeness (QED) is 0.752. The van der Waals surface area contributed by atoms with Crippen molar-refractivity contribution >= 4 is 23.5 Å². The maximum Gasteiger partial charge on any atom is 0.337 e. The fourth-order valence-electron chi connectivity index (χ4n) is 2.78. The molecule has 3 rings (SSSR count). The number of methoxy groups -OCH3 is 1. The van der Waals surface area contributed by atoms with Crippen molar-refractivity contribution in [3.63, 3.8) is 0 Å². The van der Waals surface area contributed by atoms with Gasteiger partial charge in [-0.1, -0.05) is 0 Å². The Morgan fingerprint density at radius 3 is 2.70 bits per heavy atom. The van der Waals surface area contributed by atoms with Crippen molar-refractivity contribution < 1.29 is 19.1 Å². The zero-order chi connectivity index (χ0) is 19.2. The molecule has 1 unspecified atom stereocenters. The lowest BCUT2D eigenvalue weighted by Gasteiger charge is -2.12. The standard InChI is InChI=1S/C19H22N4O4/c1-12-10-16(17(24)20-11-15-4-3-9-27-15)23-19(21-12)22-14-7-5-13(6-8-14)18(25)26-2/h5-8,10,15H,3-4,9,11H2,1-2H3,(H,20,24)(H,21,22,23). The number of anilines is 2. The molecule has 27 heavy (non-hydrogen) atoms. The van der Waals surface area contributed by atoms with E-state index in [1.165, 1.54) is 7.11 Å². The van der Waals surface area contributed by atoms with Gasteiger partial charge in [0.15, 0.2) is 0 Å². The molecule has 1 atom stereocenters. The number of hydrogen-bond acceptors (Lipinski definition) is 7. The van der Waals surface area contributed by atoms with Crippen molar-refractivity contribution in [2.24, 2.45) is 0 Å². The molecule has 1 aromatic carbocycles. The molecule has 0 bridgehead atoms. The van der Waals surface area contributed by atoms with Crippen molar-refractivity contribution in [3.8, 4) is 0 Å². The molecule has 1 aromatic heterocycles. The van der Waals surface area contributed by atoms with Crippen LogP contribution in [0.2, 0.25) is 0 Å². The van der Waals surface area contributed by atoms with Gasteiger partial charge in [0.2, 0.25) is 5.95 Å². The van der Waals surface area contributed by atoms with E-state index in [0.717, 1.165) is 19.4 Å². The van der Waals surface area contributed by atoms with Crippen LogP contribution in [0.1, 0.15) is 39.4 Å². The van der Waals surface area contributed by atoms with Gasteiger partial charge in [-0.05, 0) is 50.1 Å². The van der Waals surface area contributed by atoms with Gasteiger partial charge in [-0.2, -0.15) is 0 Å². The minimum Gasteiger partial charge on any atom is -0.465 e. The number of carbonyl (C=O) groups is 2. The first kappa shape index (κ1) is 18.8. The van der Waals surface area contributed by atoms with E-state index < -0.39 is 5.97 Å². The van der Waals surface area contributed by atoms with Crippen molar-refractivity contribution in [3.05, 3.63) is 47.3 Å². The first-order valence-electron chi connectivity index (χ1n) is 8.76. The molecule has 0 saturated carbocycles. The van der Waals surface area contributed by atoms with Crippen LogP contribution in [0.4, 0.5) is 11.6 Å². The Bertz CT molecular complexity index is 817. The number of ether oxygens (including phenoxy) is 2. The zero-order valence-corrected chi connectivity index (χ0v) is 15.3. The molecule has 0 spiro atoms. The van der Waals surface area contributed by atoms with Crippen LogP contribution < -0.4 is 10.6 Å². The molecule has 1 amide bonds. The number of aryl methyl sites for hydroxylation is 1. The summed E-state index contributed by atoms with van der Waals surface area (Å²) in [5, 5.41) is 5.89. The lowest BCUT2D eigenvalue weighted by molar-refractivity contribution is 0.0600. The van der Waals surface area contributed by atoms with Crippen molar-refractivity contribution in [2.45, 2.75) is 25.9 Å². The van der Waals surface area contributed by atoms with E-state index >= 15 is 0 Å². The Hall–Kier alpha value is -3.00. The van der Waals surface area contributed by atoms with E-state index in [0.29, 0.717) is 29.4 Å². The van der Waals surface area contributed by atoms with Crippen LogP contribution in [-0.4, -0.2) is 48.2 Å². The third-order valence-corrected chi connectivity index (χ3v) is 4.16. The van der Waals surface area contributed by atoms with Gasteiger partial charge in [0.25, 0.3) is 5.91 Å². The predicted molar refractivity (Wildman–Crippen MR) is 99.1 cm³/mol. The zero-order valence-electron chi connectivity index (χ0n) is 15.3. The summed E-state index contributed by atoms with van der Waals surface area (Å²) in [6.07, 6.45) is 2.05. The molecule has 1 aliphatic heterocycles. The van der Waals surface area contributed by atoms with Crippen LogP contribution >= 0.6 is 0 Å². The fraction of sp³-hybridized carbons (Fsp3) is 0.368. The number of hydrogen-bond donors (Lipinski definition) is 2. The summed E-state index contributed by atoms with van der Waals surface area (Å²) < 4.78 is 10.2. The largest absolute Gasteiger partial charge is 0.465 e. The molecule has 2 aromatic rings. The highest BCUT2D eigenvalue weighted by molar-refractivity contribution is 5.92. The summed E-state index contributed by atoms with van der Waals surface area (Å²) in [6, 6.07) is 8.35. The summed E-state index contributed by atoms with van der Waals surface area (Å²) in [6.45, 7) is 3.01. The minimum absolute atomic E-state index is 0.0720. The van der Waals surface area contributed by atoms with E-state index in [2.05, 4.69) is 25.3 Å². The second kappa shape index (κ2) is 8.59. The van der Waals surface area contributed by atoms with E-state index in [-0.39, 0.29) is 17.7 Å². The Balaban J connectivity index is 1.67. The molecule has 8 heteroatoms. The minimum atomic E-state index is -0.404. The van der Waals surface area contributed by atoms with Gasteiger partial charge in [-0.15, -0.1) is 0 Å². The second-order valence-corrected chi connectivity index (χ2v) is 6.26. The Morgan fingerprint density at radius 2 is 2.04 bits per heavy atom. The lowest BCUT2D eigenvalue weighted by atomic mass is 10.2. The number of rotatable bonds is 6. The number of aromatic nitrogens is 2. The van der Waals surface area contributed by atoms with Gasteiger partial charge in [0.1, 0.15) is 5.69 Å². The van der Waals surface area contributed by atoms with Gasteiger partial charge in [0.05, 0.1) is 18.8 Å². The van der Waals surface area contributed by atoms with Crippen molar-refractivity contribution in [1.29, 1.82) is 0 Å². The number of esters is 1. The molecular weight excluding hydrogens is 348 g/mol. The Kier molecular flexibility index (Phi) is 5.97. The van der Waals surface area contributed by atoms with Gasteiger partial charge >= 0.3 is 5.97 Å². The van der Waals surface area contributed by atoms with Crippen LogP contribution in [0, 0.1) is 6.92 Å². The Morgan fingerprint density at radius 1 is 1.26 bits per heavy atom. The highest BCUT2D eigenvalue weighted by atomic mass is 16.5. The molecule has 142 valence electrons. The summed E-state index contributed by atoms with van der Waals surface area (Å²) in [4.78, 5) is 32.4. The summed E-state index contributed by atoms with van der Waals surface area (Å²) in [5.74, 6) is -0.360. The molecule has 1 fully saturated rings. The van der Waals surface area contributed by atoms with Gasteiger partial charge in [-0.3, -0.25) is 4.79 Å². The molecule has 1 saturated heterocycles. The van der Waals surface area contributed by atoms with Crippen LogP contribution in [0.25, 0.3) is 0 Å². The Labute approximate surface area is 157 Å². The summed E-state index contributed by atoms with van der Waals surface area (Å²) >= 11 is 0. The topological polar surface area (TPSA) is 102 Å². The van der Waals surface area contributed by atoms with E-state index in [9.17, 15) is 9.59 Å². The number of nitrogens with one attached hydrogen (secondary N) is 2. The SMILES string of the molecule is COC(=O)c1ccc(Nc2nc(C)cc(C(=O)NCC3CCCO3)n2)cc1. The smallest absolute Gasteiger partial charge is 0.337 e. The van der Waals surface area contributed by atoms with Crippen molar-refractivity contribution in [1.82, 2.24) is 15.3 Å². The average Bonchev–Trinajstić information content (AvgIpc) is 3.19.